The van der Waals surface area contributed by atoms with Gasteiger partial charge in [-0.1, -0.05) is 23.2 Å². The second-order valence-electron chi connectivity index (χ2n) is 4.89. The summed E-state index contributed by atoms with van der Waals surface area (Å²) < 4.78 is 6.37. The van der Waals surface area contributed by atoms with Crippen LogP contribution < -0.4 is 10.9 Å². The van der Waals surface area contributed by atoms with E-state index in [9.17, 15) is 9.59 Å². The number of benzene rings is 1. The number of nitrogens with zero attached hydrogens (tertiary/aromatic N) is 2. The molecule has 1 N–H and O–H groups in total. The lowest BCUT2D eigenvalue weighted by Crippen LogP contribution is -2.27. The summed E-state index contributed by atoms with van der Waals surface area (Å²) in [6.45, 7) is -0.191. The SMILES string of the molecule is O=C(Cn1cnc(-c2ccco2)cc1=O)Nc1ccc(Cl)cc1Cl. The summed E-state index contributed by atoms with van der Waals surface area (Å²) in [7, 11) is 0. The Balaban J connectivity index is 1.74. The molecule has 6 nitrogen and oxygen atoms in total. The number of aromatic nitrogens is 2. The van der Waals surface area contributed by atoms with Crippen LogP contribution >= 0.6 is 23.2 Å². The first-order chi connectivity index (χ1) is 11.5. The fourth-order valence-electron chi connectivity index (χ4n) is 2.04. The van der Waals surface area contributed by atoms with E-state index in [-0.39, 0.29) is 12.1 Å². The van der Waals surface area contributed by atoms with Crippen LogP contribution in [-0.4, -0.2) is 15.5 Å². The minimum absolute atomic E-state index is 0.191. The molecule has 2 heterocycles. The first-order valence-electron chi connectivity index (χ1n) is 6.88. The summed E-state index contributed by atoms with van der Waals surface area (Å²) in [6, 6.07) is 9.41. The molecule has 0 spiro atoms. The molecule has 0 saturated heterocycles. The summed E-state index contributed by atoms with van der Waals surface area (Å²) in [5.41, 5.74) is 0.454. The third-order valence-corrected chi connectivity index (χ3v) is 3.72. The zero-order valence-corrected chi connectivity index (χ0v) is 13.7. The second kappa shape index (κ2) is 6.90. The molecule has 2 aromatic heterocycles. The van der Waals surface area contributed by atoms with Crippen LogP contribution in [-0.2, 0) is 11.3 Å². The molecule has 24 heavy (non-hydrogen) atoms. The van der Waals surface area contributed by atoms with Gasteiger partial charge in [0.15, 0.2) is 5.76 Å². The minimum atomic E-state index is -0.408. The van der Waals surface area contributed by atoms with Gasteiger partial charge in [0.05, 0.1) is 23.3 Å². The Bertz CT molecular complexity index is 936. The van der Waals surface area contributed by atoms with Gasteiger partial charge < -0.3 is 9.73 Å². The number of furan rings is 1. The molecule has 0 aliphatic heterocycles. The van der Waals surface area contributed by atoms with Gasteiger partial charge in [-0.05, 0) is 30.3 Å². The molecule has 122 valence electrons. The Kier molecular flexibility index (Phi) is 4.69. The minimum Gasteiger partial charge on any atom is -0.463 e. The predicted molar refractivity (Wildman–Crippen MR) is 91.3 cm³/mol. The highest BCUT2D eigenvalue weighted by molar-refractivity contribution is 6.36. The van der Waals surface area contributed by atoms with E-state index in [2.05, 4.69) is 10.3 Å². The molecule has 0 atom stereocenters. The molecular formula is C16H11Cl2N3O3. The Morgan fingerprint density at radius 1 is 1.25 bits per heavy atom. The van der Waals surface area contributed by atoms with Crippen molar-refractivity contribution in [1.82, 2.24) is 9.55 Å². The van der Waals surface area contributed by atoms with Crippen molar-refractivity contribution in [2.24, 2.45) is 0 Å². The topological polar surface area (TPSA) is 77.1 Å². The van der Waals surface area contributed by atoms with Gasteiger partial charge in [-0.15, -0.1) is 0 Å². The van der Waals surface area contributed by atoms with E-state index in [4.69, 9.17) is 27.6 Å². The van der Waals surface area contributed by atoms with Crippen molar-refractivity contribution >= 4 is 34.8 Å². The van der Waals surface area contributed by atoms with E-state index in [0.717, 1.165) is 0 Å². The van der Waals surface area contributed by atoms with Crippen molar-refractivity contribution < 1.29 is 9.21 Å². The third kappa shape index (κ3) is 3.67. The van der Waals surface area contributed by atoms with Crippen LogP contribution in [0.1, 0.15) is 0 Å². The van der Waals surface area contributed by atoms with Crippen LogP contribution in [0.15, 0.2) is 58.2 Å². The Morgan fingerprint density at radius 2 is 2.08 bits per heavy atom. The van der Waals surface area contributed by atoms with E-state index < -0.39 is 5.91 Å². The monoisotopic (exact) mass is 363 g/mol. The maximum atomic E-state index is 12.1. The summed E-state index contributed by atoms with van der Waals surface area (Å²) in [5, 5.41) is 3.40. The number of hydrogen-bond acceptors (Lipinski definition) is 4. The first kappa shape index (κ1) is 16.3. The summed E-state index contributed by atoms with van der Waals surface area (Å²) in [5.74, 6) is 0.0746. The molecule has 1 amide bonds. The van der Waals surface area contributed by atoms with Gasteiger partial charge >= 0.3 is 0 Å². The lowest BCUT2D eigenvalue weighted by Gasteiger charge is -2.09. The van der Waals surface area contributed by atoms with E-state index in [1.54, 1.807) is 24.3 Å². The highest BCUT2D eigenvalue weighted by Gasteiger charge is 2.10. The average Bonchev–Trinajstić information content (AvgIpc) is 3.06. The highest BCUT2D eigenvalue weighted by atomic mass is 35.5. The lowest BCUT2D eigenvalue weighted by atomic mass is 10.3. The van der Waals surface area contributed by atoms with Crippen LogP contribution in [0.2, 0.25) is 10.0 Å². The van der Waals surface area contributed by atoms with Crippen molar-refractivity contribution in [2.45, 2.75) is 6.54 Å². The molecule has 8 heteroatoms. The molecule has 0 saturated carbocycles. The van der Waals surface area contributed by atoms with Crippen molar-refractivity contribution in [3.8, 4) is 11.5 Å². The summed E-state index contributed by atoms with van der Waals surface area (Å²) in [6.07, 6.45) is 2.79. The molecule has 0 radical (unpaired) electrons. The predicted octanol–water partition coefficient (Wildman–Crippen LogP) is 3.45. The van der Waals surface area contributed by atoms with Crippen molar-refractivity contribution in [1.29, 1.82) is 0 Å². The number of halogens is 2. The van der Waals surface area contributed by atoms with Crippen molar-refractivity contribution in [3.05, 3.63) is 69.4 Å². The van der Waals surface area contributed by atoms with E-state index in [1.807, 2.05) is 0 Å². The maximum Gasteiger partial charge on any atom is 0.254 e. The zero-order valence-electron chi connectivity index (χ0n) is 12.2. The summed E-state index contributed by atoms with van der Waals surface area (Å²) >= 11 is 11.8. The second-order valence-corrected chi connectivity index (χ2v) is 5.73. The quantitative estimate of drug-likeness (QED) is 0.769. The molecule has 0 unspecified atom stereocenters. The number of nitrogens with one attached hydrogen (secondary N) is 1. The normalized spacial score (nSPS) is 10.6. The van der Waals surface area contributed by atoms with Gasteiger partial charge in [-0.2, -0.15) is 0 Å². The Hall–Kier alpha value is -2.57. The van der Waals surface area contributed by atoms with Gasteiger partial charge in [0.2, 0.25) is 5.91 Å². The number of hydrogen-bond donors (Lipinski definition) is 1. The van der Waals surface area contributed by atoms with Crippen LogP contribution in [0, 0.1) is 0 Å². The number of carbonyl (C=O) groups is 1. The van der Waals surface area contributed by atoms with Crippen LogP contribution in [0.4, 0.5) is 5.69 Å². The average molecular weight is 364 g/mol. The van der Waals surface area contributed by atoms with Crippen LogP contribution in [0.3, 0.4) is 0 Å². The standard InChI is InChI=1S/C16H11Cl2N3O3/c17-10-3-4-12(11(18)6-10)20-15(22)8-21-9-19-13(7-16(21)23)14-2-1-5-24-14/h1-7,9H,8H2,(H,20,22). The lowest BCUT2D eigenvalue weighted by molar-refractivity contribution is -0.116. The fourth-order valence-corrected chi connectivity index (χ4v) is 2.49. The van der Waals surface area contributed by atoms with Gasteiger partial charge in [0.25, 0.3) is 5.56 Å². The number of rotatable bonds is 4. The Labute approximate surface area is 146 Å². The molecular weight excluding hydrogens is 353 g/mol. The van der Waals surface area contributed by atoms with E-state index >= 15 is 0 Å². The molecule has 3 aromatic rings. The zero-order chi connectivity index (χ0) is 17.1. The molecule has 0 aliphatic rings. The Morgan fingerprint density at radius 3 is 2.75 bits per heavy atom. The molecule has 0 fully saturated rings. The first-order valence-corrected chi connectivity index (χ1v) is 7.64. The van der Waals surface area contributed by atoms with Crippen LogP contribution in [0.25, 0.3) is 11.5 Å². The highest BCUT2D eigenvalue weighted by Crippen LogP contribution is 2.25. The number of carbonyl (C=O) groups excluding carboxylic acids is 1. The molecule has 3 rings (SSSR count). The largest absolute Gasteiger partial charge is 0.463 e. The maximum absolute atomic E-state index is 12.1. The smallest absolute Gasteiger partial charge is 0.254 e. The molecule has 0 aliphatic carbocycles. The number of amides is 1. The van der Waals surface area contributed by atoms with Crippen LogP contribution in [0.5, 0.6) is 0 Å². The molecule has 1 aromatic carbocycles. The van der Waals surface area contributed by atoms with E-state index in [0.29, 0.717) is 27.2 Å². The van der Waals surface area contributed by atoms with Gasteiger partial charge in [0.1, 0.15) is 12.2 Å². The van der Waals surface area contributed by atoms with Gasteiger partial charge in [-0.25, -0.2) is 4.98 Å². The fraction of sp³-hybridized carbons (Fsp3) is 0.0625. The van der Waals surface area contributed by atoms with Crippen molar-refractivity contribution in [2.75, 3.05) is 5.32 Å². The van der Waals surface area contributed by atoms with Gasteiger partial charge in [0, 0.05) is 11.1 Å². The van der Waals surface area contributed by atoms with Crippen molar-refractivity contribution in [3.63, 3.8) is 0 Å². The summed E-state index contributed by atoms with van der Waals surface area (Å²) in [4.78, 5) is 28.3. The van der Waals surface area contributed by atoms with E-state index in [1.165, 1.54) is 29.3 Å². The van der Waals surface area contributed by atoms with Gasteiger partial charge in [-0.3, -0.25) is 14.2 Å². The third-order valence-electron chi connectivity index (χ3n) is 3.17. The number of anilines is 1. The molecule has 0 bridgehead atoms.